The monoisotopic (exact) mass is 258 g/mol. The number of aryl methyl sites for hydroxylation is 1. The van der Waals surface area contributed by atoms with Gasteiger partial charge in [-0.3, -0.25) is 0 Å². The van der Waals surface area contributed by atoms with E-state index in [0.717, 1.165) is 22.8 Å². The van der Waals surface area contributed by atoms with Gasteiger partial charge in [0.1, 0.15) is 11.9 Å². The Labute approximate surface area is 103 Å². The molecule has 0 radical (unpaired) electrons. The van der Waals surface area contributed by atoms with Crippen molar-refractivity contribution in [2.45, 2.75) is 19.4 Å². The lowest BCUT2D eigenvalue weighted by Gasteiger charge is -2.10. The van der Waals surface area contributed by atoms with Crippen LogP contribution in [0.2, 0.25) is 0 Å². The molecule has 1 aromatic heterocycles. The van der Waals surface area contributed by atoms with Crippen LogP contribution in [0.4, 0.5) is 0 Å². The predicted octanol–water partition coefficient (Wildman–Crippen LogP) is 2.73. The first-order chi connectivity index (χ1) is 7.70. The number of carbonyl (C=O) groups excluding carboxylic acids is 1. The molecule has 5 heteroatoms. The maximum Gasteiger partial charge on any atom is 0.352 e. The standard InChI is InChI=1S/C11H14O3S2/c1-7-5-9(13-2)10(16-7)11(12)14-8-3-4-15-6-8/h5,8H,3-4,6H2,1-2H3/t8-/m0/s1. The molecule has 0 aliphatic carbocycles. The van der Waals surface area contributed by atoms with Gasteiger partial charge >= 0.3 is 5.97 Å². The smallest absolute Gasteiger partial charge is 0.352 e. The molecule has 1 aliphatic rings. The van der Waals surface area contributed by atoms with Gasteiger partial charge in [-0.1, -0.05) is 0 Å². The topological polar surface area (TPSA) is 35.5 Å². The summed E-state index contributed by atoms with van der Waals surface area (Å²) in [5.74, 6) is 2.37. The molecule has 0 aromatic carbocycles. The van der Waals surface area contributed by atoms with Gasteiger partial charge in [0.2, 0.25) is 0 Å². The van der Waals surface area contributed by atoms with Crippen LogP contribution in [0.25, 0.3) is 0 Å². The summed E-state index contributed by atoms with van der Waals surface area (Å²) in [4.78, 5) is 13.5. The second-order valence-corrected chi connectivity index (χ2v) is 6.05. The number of rotatable bonds is 3. The van der Waals surface area contributed by atoms with Crippen molar-refractivity contribution in [2.24, 2.45) is 0 Å². The molecule has 16 heavy (non-hydrogen) atoms. The van der Waals surface area contributed by atoms with Crippen molar-refractivity contribution in [3.05, 3.63) is 15.8 Å². The number of methoxy groups -OCH3 is 1. The summed E-state index contributed by atoms with van der Waals surface area (Å²) in [6.07, 6.45) is 1.04. The van der Waals surface area contributed by atoms with Gasteiger partial charge in [-0.05, 0) is 25.2 Å². The minimum atomic E-state index is -0.248. The molecule has 3 nitrogen and oxygen atoms in total. The zero-order chi connectivity index (χ0) is 11.5. The van der Waals surface area contributed by atoms with Crippen molar-refractivity contribution < 1.29 is 14.3 Å². The van der Waals surface area contributed by atoms with Crippen molar-refractivity contribution in [1.29, 1.82) is 0 Å². The fourth-order valence-electron chi connectivity index (χ4n) is 1.60. The molecule has 1 aliphatic heterocycles. The molecule has 0 unspecified atom stereocenters. The van der Waals surface area contributed by atoms with Crippen LogP contribution in [0.1, 0.15) is 21.0 Å². The van der Waals surface area contributed by atoms with Crippen LogP contribution in [0.15, 0.2) is 6.07 Å². The third-order valence-corrected chi connectivity index (χ3v) is 4.53. The minimum absolute atomic E-state index is 0.0737. The van der Waals surface area contributed by atoms with Gasteiger partial charge in [0.15, 0.2) is 4.88 Å². The summed E-state index contributed by atoms with van der Waals surface area (Å²) in [7, 11) is 1.57. The molecule has 2 rings (SSSR count). The molecule has 0 N–H and O–H groups in total. The second kappa shape index (κ2) is 5.10. The Kier molecular flexibility index (Phi) is 3.76. The van der Waals surface area contributed by atoms with E-state index in [1.807, 2.05) is 24.8 Å². The van der Waals surface area contributed by atoms with Crippen LogP contribution in [0, 0.1) is 6.92 Å². The molecule has 0 amide bonds. The van der Waals surface area contributed by atoms with Crippen LogP contribution in [-0.2, 0) is 4.74 Å². The average Bonchev–Trinajstić information content (AvgIpc) is 2.86. The number of carbonyl (C=O) groups is 1. The minimum Gasteiger partial charge on any atom is -0.495 e. The Morgan fingerprint density at radius 3 is 3.00 bits per heavy atom. The fraction of sp³-hybridized carbons (Fsp3) is 0.545. The highest BCUT2D eigenvalue weighted by atomic mass is 32.2. The van der Waals surface area contributed by atoms with Crippen LogP contribution < -0.4 is 4.74 Å². The molecule has 88 valence electrons. The van der Waals surface area contributed by atoms with Gasteiger partial charge in [-0.25, -0.2) is 4.79 Å². The molecule has 1 fully saturated rings. The van der Waals surface area contributed by atoms with Gasteiger partial charge in [0.05, 0.1) is 7.11 Å². The Morgan fingerprint density at radius 2 is 2.38 bits per heavy atom. The summed E-state index contributed by atoms with van der Waals surface area (Å²) < 4.78 is 10.6. The van der Waals surface area contributed by atoms with Crippen molar-refractivity contribution in [2.75, 3.05) is 18.6 Å². The maximum atomic E-state index is 11.9. The van der Waals surface area contributed by atoms with Crippen LogP contribution in [0.3, 0.4) is 0 Å². The van der Waals surface area contributed by atoms with E-state index in [2.05, 4.69) is 0 Å². The van der Waals surface area contributed by atoms with E-state index < -0.39 is 0 Å². The Hall–Kier alpha value is -0.680. The summed E-state index contributed by atoms with van der Waals surface area (Å²) in [5.41, 5.74) is 0. The zero-order valence-corrected chi connectivity index (χ0v) is 11.0. The molecule has 1 saturated heterocycles. The zero-order valence-electron chi connectivity index (χ0n) is 9.32. The van der Waals surface area contributed by atoms with Gasteiger partial charge in [-0.2, -0.15) is 11.8 Å². The average molecular weight is 258 g/mol. The SMILES string of the molecule is COc1cc(C)sc1C(=O)O[C@H]1CCSC1. The van der Waals surface area contributed by atoms with Crippen LogP contribution in [-0.4, -0.2) is 30.7 Å². The van der Waals surface area contributed by atoms with E-state index in [1.54, 1.807) is 7.11 Å². The highest BCUT2D eigenvalue weighted by Gasteiger charge is 2.24. The van der Waals surface area contributed by atoms with E-state index in [9.17, 15) is 4.79 Å². The third-order valence-electron chi connectivity index (χ3n) is 2.39. The first-order valence-electron chi connectivity index (χ1n) is 5.14. The van der Waals surface area contributed by atoms with Gasteiger partial charge in [-0.15, -0.1) is 11.3 Å². The second-order valence-electron chi connectivity index (χ2n) is 3.65. The summed E-state index contributed by atoms with van der Waals surface area (Å²) in [5, 5.41) is 0. The Balaban J connectivity index is 2.07. The van der Waals surface area contributed by atoms with E-state index >= 15 is 0 Å². The van der Waals surface area contributed by atoms with Crippen molar-refractivity contribution in [3.63, 3.8) is 0 Å². The molecule has 0 saturated carbocycles. The molecule has 0 bridgehead atoms. The van der Waals surface area contributed by atoms with E-state index in [0.29, 0.717) is 10.6 Å². The first-order valence-corrected chi connectivity index (χ1v) is 7.11. The van der Waals surface area contributed by atoms with E-state index in [1.165, 1.54) is 11.3 Å². The third kappa shape index (κ3) is 2.52. The van der Waals surface area contributed by atoms with Crippen molar-refractivity contribution in [3.8, 4) is 5.75 Å². The van der Waals surface area contributed by atoms with Crippen LogP contribution in [0.5, 0.6) is 5.75 Å². The van der Waals surface area contributed by atoms with E-state index in [4.69, 9.17) is 9.47 Å². The normalized spacial score (nSPS) is 19.8. The fourth-order valence-corrected chi connectivity index (χ4v) is 3.55. The Bertz CT molecular complexity index is 381. The number of thiophene rings is 1. The number of thioether (sulfide) groups is 1. The number of esters is 1. The lowest BCUT2D eigenvalue weighted by atomic mass is 10.3. The van der Waals surface area contributed by atoms with Gasteiger partial charge in [0, 0.05) is 10.6 Å². The quantitative estimate of drug-likeness (QED) is 0.781. The number of ether oxygens (including phenoxy) is 2. The molecular weight excluding hydrogens is 244 g/mol. The summed E-state index contributed by atoms with van der Waals surface area (Å²) >= 11 is 3.25. The highest BCUT2D eigenvalue weighted by molar-refractivity contribution is 7.99. The molecule has 0 spiro atoms. The maximum absolute atomic E-state index is 11.9. The van der Waals surface area contributed by atoms with Gasteiger partial charge < -0.3 is 9.47 Å². The molecule has 2 heterocycles. The molecule has 1 atom stereocenters. The largest absolute Gasteiger partial charge is 0.495 e. The molecule has 1 aromatic rings. The van der Waals surface area contributed by atoms with Crippen molar-refractivity contribution in [1.82, 2.24) is 0 Å². The molecular formula is C11H14O3S2. The lowest BCUT2D eigenvalue weighted by Crippen LogP contribution is -2.17. The summed E-state index contributed by atoms with van der Waals surface area (Å²) in [6, 6.07) is 1.87. The number of hydrogen-bond donors (Lipinski definition) is 0. The first kappa shape index (κ1) is 11.8. The number of hydrogen-bond acceptors (Lipinski definition) is 5. The summed E-state index contributed by atoms with van der Waals surface area (Å²) in [6.45, 7) is 1.95. The predicted molar refractivity (Wildman–Crippen MR) is 66.8 cm³/mol. The lowest BCUT2D eigenvalue weighted by molar-refractivity contribution is 0.0359. The van der Waals surface area contributed by atoms with Gasteiger partial charge in [0.25, 0.3) is 0 Å². The van der Waals surface area contributed by atoms with Crippen LogP contribution >= 0.6 is 23.1 Å². The highest BCUT2D eigenvalue weighted by Crippen LogP contribution is 2.30. The van der Waals surface area contributed by atoms with Crippen molar-refractivity contribution >= 4 is 29.1 Å². The Morgan fingerprint density at radius 1 is 1.56 bits per heavy atom. The van der Waals surface area contributed by atoms with E-state index in [-0.39, 0.29) is 12.1 Å².